The second-order valence-corrected chi connectivity index (χ2v) is 14.1. The molecule has 49 heavy (non-hydrogen) atoms. The summed E-state index contributed by atoms with van der Waals surface area (Å²) in [5.74, 6) is 1.15. The van der Waals surface area contributed by atoms with Crippen molar-refractivity contribution in [1.82, 2.24) is 0 Å². The summed E-state index contributed by atoms with van der Waals surface area (Å²) in [7, 11) is 0. The topological polar surface area (TPSA) is 37.9 Å². The van der Waals surface area contributed by atoms with Gasteiger partial charge in [-0.2, -0.15) is 0 Å². The van der Waals surface area contributed by atoms with Gasteiger partial charge >= 0.3 is 0 Å². The van der Waals surface area contributed by atoms with Crippen LogP contribution in [0.5, 0.6) is 0 Å². The molecule has 0 N–H and O–H groups in total. The number of thiophene rings is 1. The molecule has 236 valence electrons. The molecule has 8 aromatic rings. The van der Waals surface area contributed by atoms with Crippen molar-refractivity contribution in [3.05, 3.63) is 162 Å². The van der Waals surface area contributed by atoms with Crippen LogP contribution in [0, 0.1) is 5.92 Å². The maximum absolute atomic E-state index is 6.21. The quantitative estimate of drug-likeness (QED) is 0.135. The third-order valence-electron chi connectivity index (χ3n) is 9.63. The summed E-state index contributed by atoms with van der Waals surface area (Å²) in [6, 6.07) is 44.9. The van der Waals surface area contributed by atoms with Gasteiger partial charge in [-0.15, -0.1) is 11.3 Å². The van der Waals surface area contributed by atoms with E-state index in [1.807, 2.05) is 35.6 Å². The van der Waals surface area contributed by atoms with Crippen molar-refractivity contribution in [2.45, 2.75) is 20.3 Å². The number of rotatable bonds is 5. The number of hydrogen-bond donors (Lipinski definition) is 0. The van der Waals surface area contributed by atoms with Gasteiger partial charge in [-0.1, -0.05) is 122 Å². The maximum Gasteiger partial charge on any atom is 0.155 e. The summed E-state index contributed by atoms with van der Waals surface area (Å²) < 4.78 is 8.89. The van der Waals surface area contributed by atoms with E-state index in [1.165, 1.54) is 47.7 Å². The Labute approximate surface area is 289 Å². The first-order chi connectivity index (χ1) is 24.1. The van der Waals surface area contributed by atoms with Crippen molar-refractivity contribution in [2.75, 3.05) is 6.54 Å². The van der Waals surface area contributed by atoms with Crippen LogP contribution in [-0.2, 0) is 0 Å². The maximum atomic E-state index is 6.21. The van der Waals surface area contributed by atoms with Crippen LogP contribution in [0.15, 0.2) is 160 Å². The SMILES string of the molecule is CC(=NC(=NCC1=CC(c2cccc3c2sc2ccccc23)=CC(C)C1)c1ccc2ccccc2c1)c1cccc2oc3ccccc3c12. The van der Waals surface area contributed by atoms with Crippen molar-refractivity contribution in [3.8, 4) is 0 Å². The predicted octanol–water partition coefficient (Wildman–Crippen LogP) is 12.4. The Balaban J connectivity index is 1.14. The van der Waals surface area contributed by atoms with E-state index in [-0.39, 0.29) is 0 Å². The van der Waals surface area contributed by atoms with Gasteiger partial charge in [0.05, 0.1) is 6.54 Å². The third kappa shape index (κ3) is 5.39. The molecule has 2 heterocycles. The molecule has 1 aliphatic rings. The average Bonchev–Trinajstić information content (AvgIpc) is 3.71. The minimum absolute atomic E-state index is 0.413. The molecular weight excluding hydrogens is 617 g/mol. The number of allylic oxidation sites excluding steroid dienone is 3. The zero-order valence-electron chi connectivity index (χ0n) is 27.5. The van der Waals surface area contributed by atoms with Crippen molar-refractivity contribution >= 4 is 81.3 Å². The van der Waals surface area contributed by atoms with Gasteiger partial charge in [0.25, 0.3) is 0 Å². The minimum atomic E-state index is 0.413. The highest BCUT2D eigenvalue weighted by molar-refractivity contribution is 7.26. The average molecular weight is 651 g/mol. The lowest BCUT2D eigenvalue weighted by Crippen LogP contribution is -2.08. The van der Waals surface area contributed by atoms with Gasteiger partial charge in [-0.05, 0) is 71.0 Å². The molecule has 6 aromatic carbocycles. The highest BCUT2D eigenvalue weighted by Gasteiger charge is 2.18. The van der Waals surface area contributed by atoms with Gasteiger partial charge in [0.2, 0.25) is 0 Å². The molecule has 1 atom stereocenters. The Kier molecular flexibility index (Phi) is 7.32. The van der Waals surface area contributed by atoms with Crippen molar-refractivity contribution < 1.29 is 4.42 Å². The molecule has 3 nitrogen and oxygen atoms in total. The van der Waals surface area contributed by atoms with E-state index in [1.54, 1.807) is 0 Å². The zero-order chi connectivity index (χ0) is 32.9. The van der Waals surface area contributed by atoms with Crippen LogP contribution < -0.4 is 0 Å². The summed E-state index contributed by atoms with van der Waals surface area (Å²) in [6.45, 7) is 4.98. The summed E-state index contributed by atoms with van der Waals surface area (Å²) in [5.41, 5.74) is 8.63. The molecule has 1 aliphatic carbocycles. The summed E-state index contributed by atoms with van der Waals surface area (Å²) in [6.07, 6.45) is 5.77. The van der Waals surface area contributed by atoms with Crippen LogP contribution >= 0.6 is 11.3 Å². The highest BCUT2D eigenvalue weighted by atomic mass is 32.1. The molecular formula is C45H34N2OS. The largest absolute Gasteiger partial charge is 0.456 e. The number of amidine groups is 1. The molecule has 0 saturated carbocycles. The molecule has 0 bridgehead atoms. The Hall–Kier alpha value is -5.58. The smallest absolute Gasteiger partial charge is 0.155 e. The van der Waals surface area contributed by atoms with Crippen molar-refractivity contribution in [1.29, 1.82) is 0 Å². The fourth-order valence-electron chi connectivity index (χ4n) is 7.35. The molecule has 0 spiro atoms. The molecule has 0 aliphatic heterocycles. The third-order valence-corrected chi connectivity index (χ3v) is 10.8. The molecule has 1 unspecified atom stereocenters. The van der Waals surface area contributed by atoms with Gasteiger partial charge in [-0.3, -0.25) is 4.99 Å². The van der Waals surface area contributed by atoms with E-state index < -0.39 is 0 Å². The highest BCUT2D eigenvalue weighted by Crippen LogP contribution is 2.40. The van der Waals surface area contributed by atoms with E-state index in [0.29, 0.717) is 12.5 Å². The Morgan fingerprint density at radius 1 is 0.755 bits per heavy atom. The normalized spacial score (nSPS) is 15.8. The number of nitrogens with zero attached hydrogens (tertiary/aromatic N) is 2. The monoisotopic (exact) mass is 650 g/mol. The molecule has 0 amide bonds. The molecule has 2 aromatic heterocycles. The fraction of sp³-hybridized carbons (Fsp3) is 0.111. The number of fused-ring (bicyclic) bond motifs is 7. The molecule has 0 fully saturated rings. The summed E-state index contributed by atoms with van der Waals surface area (Å²) in [5, 5.41) is 7.22. The van der Waals surface area contributed by atoms with E-state index in [4.69, 9.17) is 14.4 Å². The van der Waals surface area contributed by atoms with E-state index in [0.717, 1.165) is 51.0 Å². The standard InChI is InChI=1S/C45H34N2OS/c1-28-23-30(25-34(24-28)36-16-9-17-38-37-13-6-8-20-42(37)49-44(36)38)27-46-45(33-22-21-31-11-3-4-12-32(31)26-33)47-29(2)35-15-10-19-41-43(35)39-14-5-7-18-40(39)48-41/h3-22,24-26,28H,23,27H2,1-2H3. The van der Waals surface area contributed by atoms with Crippen molar-refractivity contribution in [2.24, 2.45) is 15.9 Å². The van der Waals surface area contributed by atoms with Gasteiger partial charge in [-0.25, -0.2) is 4.99 Å². The van der Waals surface area contributed by atoms with Crippen LogP contribution in [0.1, 0.15) is 37.0 Å². The van der Waals surface area contributed by atoms with E-state index in [2.05, 4.69) is 129 Å². The second kappa shape index (κ2) is 12.1. The summed E-state index contributed by atoms with van der Waals surface area (Å²) >= 11 is 1.89. The second-order valence-electron chi connectivity index (χ2n) is 13.1. The van der Waals surface area contributed by atoms with Gasteiger partial charge in [0.1, 0.15) is 11.2 Å². The van der Waals surface area contributed by atoms with Crippen LogP contribution in [0.3, 0.4) is 0 Å². The number of para-hydroxylation sites is 1. The first-order valence-electron chi connectivity index (χ1n) is 16.9. The molecule has 0 radical (unpaired) electrons. The number of hydrogen-bond acceptors (Lipinski definition) is 3. The summed E-state index contributed by atoms with van der Waals surface area (Å²) in [4.78, 5) is 10.6. The fourth-order valence-corrected chi connectivity index (χ4v) is 8.59. The molecule has 9 rings (SSSR count). The molecule has 4 heteroatoms. The predicted molar refractivity (Wildman–Crippen MR) is 210 cm³/mol. The van der Waals surface area contributed by atoms with Crippen LogP contribution in [0.25, 0.3) is 58.5 Å². The van der Waals surface area contributed by atoms with Gasteiger partial charge in [0.15, 0.2) is 5.84 Å². The Bertz CT molecular complexity index is 2700. The minimum Gasteiger partial charge on any atom is -0.456 e. The number of furan rings is 1. The van der Waals surface area contributed by atoms with Gasteiger partial charge < -0.3 is 4.42 Å². The van der Waals surface area contributed by atoms with Gasteiger partial charge in [0, 0.05) is 47.8 Å². The van der Waals surface area contributed by atoms with E-state index in [9.17, 15) is 0 Å². The Morgan fingerprint density at radius 3 is 2.43 bits per heavy atom. The van der Waals surface area contributed by atoms with E-state index >= 15 is 0 Å². The first-order valence-corrected chi connectivity index (χ1v) is 17.7. The zero-order valence-corrected chi connectivity index (χ0v) is 28.3. The lowest BCUT2D eigenvalue weighted by molar-refractivity contribution is 0.669. The number of benzene rings is 6. The molecule has 0 saturated heterocycles. The van der Waals surface area contributed by atoms with Crippen LogP contribution in [-0.4, -0.2) is 18.1 Å². The van der Waals surface area contributed by atoms with Crippen LogP contribution in [0.4, 0.5) is 0 Å². The lowest BCUT2D eigenvalue weighted by Gasteiger charge is -2.19. The van der Waals surface area contributed by atoms with Crippen LogP contribution in [0.2, 0.25) is 0 Å². The first kappa shape index (κ1) is 29.6. The Morgan fingerprint density at radius 2 is 1.51 bits per heavy atom. The lowest BCUT2D eigenvalue weighted by atomic mass is 9.88. The number of aliphatic imine (C=N–C) groups is 2. The van der Waals surface area contributed by atoms with Crippen molar-refractivity contribution in [3.63, 3.8) is 0 Å².